The summed E-state index contributed by atoms with van der Waals surface area (Å²) >= 11 is 0. The van der Waals surface area contributed by atoms with Crippen LogP contribution in [0, 0.1) is 0 Å². The number of carbonyl (C=O) groups excluding carboxylic acids is 1. The smallest absolute Gasteiger partial charge is 0.320 e. The van der Waals surface area contributed by atoms with E-state index in [1.165, 1.54) is 12.8 Å². The highest BCUT2D eigenvalue weighted by molar-refractivity contribution is 5.71. The minimum absolute atomic E-state index is 0.0848. The average molecular weight is 227 g/mol. The lowest BCUT2D eigenvalue weighted by Crippen LogP contribution is -2.43. The zero-order valence-corrected chi connectivity index (χ0v) is 10.3. The molecule has 16 heavy (non-hydrogen) atoms. The molecule has 0 atom stereocenters. The molecule has 1 aliphatic heterocycles. The quantitative estimate of drug-likeness (QED) is 0.482. The van der Waals surface area contributed by atoms with Crippen molar-refractivity contribution in [2.75, 3.05) is 39.3 Å². The second-order valence-electron chi connectivity index (χ2n) is 4.23. The van der Waals surface area contributed by atoms with E-state index in [2.05, 4.69) is 17.1 Å². The summed E-state index contributed by atoms with van der Waals surface area (Å²) in [5.74, 6) is -0.0848. The van der Waals surface area contributed by atoms with Crippen molar-refractivity contribution in [3.63, 3.8) is 0 Å². The Labute approximate surface area is 98.3 Å². The van der Waals surface area contributed by atoms with E-state index in [-0.39, 0.29) is 5.97 Å². The first-order valence-electron chi connectivity index (χ1n) is 6.34. The van der Waals surface area contributed by atoms with Crippen LogP contribution in [-0.2, 0) is 9.53 Å². The van der Waals surface area contributed by atoms with Gasteiger partial charge in [-0.25, -0.2) is 5.32 Å². The molecule has 0 amide bonds. The minimum atomic E-state index is -0.0848. The van der Waals surface area contributed by atoms with Crippen LogP contribution >= 0.6 is 0 Å². The first kappa shape index (κ1) is 13.5. The van der Waals surface area contributed by atoms with Gasteiger partial charge in [-0.05, 0) is 6.42 Å². The average Bonchev–Trinajstić information content (AvgIpc) is 2.30. The third-order valence-corrected chi connectivity index (χ3v) is 2.76. The van der Waals surface area contributed by atoms with Gasteiger partial charge < -0.3 is 4.74 Å². The van der Waals surface area contributed by atoms with Crippen LogP contribution in [0.1, 0.15) is 32.6 Å². The van der Waals surface area contributed by atoms with Crippen LogP contribution in [-0.4, -0.2) is 50.2 Å². The van der Waals surface area contributed by atoms with Crippen LogP contribution in [0.25, 0.3) is 0 Å². The van der Waals surface area contributed by atoms with Gasteiger partial charge in [-0.2, -0.15) is 0 Å². The molecule has 0 aromatic heterocycles. The van der Waals surface area contributed by atoms with Gasteiger partial charge in [-0.15, -0.1) is 0 Å². The molecule has 0 aliphatic carbocycles. The Morgan fingerprint density at radius 3 is 2.69 bits per heavy atom. The van der Waals surface area contributed by atoms with Gasteiger partial charge in [0, 0.05) is 26.2 Å². The van der Waals surface area contributed by atoms with E-state index in [0.717, 1.165) is 39.0 Å². The molecular weight excluding hydrogens is 204 g/mol. The molecule has 4 heteroatoms. The summed E-state index contributed by atoms with van der Waals surface area (Å²) in [5.41, 5.74) is 0. The summed E-state index contributed by atoms with van der Waals surface area (Å²) in [5, 5.41) is 4.24. The van der Waals surface area contributed by atoms with Gasteiger partial charge in [0.25, 0.3) is 0 Å². The predicted octanol–water partition coefficient (Wildman–Crippen LogP) is 1.03. The van der Waals surface area contributed by atoms with Crippen LogP contribution in [0.5, 0.6) is 0 Å². The first-order valence-corrected chi connectivity index (χ1v) is 6.34. The van der Waals surface area contributed by atoms with Crippen LogP contribution in [0.4, 0.5) is 0 Å². The molecule has 1 saturated heterocycles. The van der Waals surface area contributed by atoms with Crippen molar-refractivity contribution in [1.29, 1.82) is 0 Å². The lowest BCUT2D eigenvalue weighted by Gasteiger charge is -2.24. The number of esters is 1. The second-order valence-corrected chi connectivity index (χ2v) is 4.23. The van der Waals surface area contributed by atoms with Crippen molar-refractivity contribution in [2.45, 2.75) is 32.6 Å². The second kappa shape index (κ2) is 8.53. The highest BCUT2D eigenvalue weighted by Crippen LogP contribution is 2.00. The van der Waals surface area contributed by atoms with E-state index in [0.29, 0.717) is 13.2 Å². The molecule has 0 saturated carbocycles. The predicted molar refractivity (Wildman–Crippen MR) is 63.4 cm³/mol. The standard InChI is InChI=1S/C12H23N2O2/c1-2-3-4-5-10-16-12(15)11-14-8-6-13-7-9-14/h2-11H2,1H3. The van der Waals surface area contributed by atoms with E-state index in [9.17, 15) is 4.79 Å². The number of carbonyl (C=O) groups is 1. The fourth-order valence-electron chi connectivity index (χ4n) is 1.75. The number of hydrogen-bond donors (Lipinski definition) is 0. The Morgan fingerprint density at radius 2 is 2.00 bits per heavy atom. The summed E-state index contributed by atoms with van der Waals surface area (Å²) in [4.78, 5) is 13.6. The van der Waals surface area contributed by atoms with Gasteiger partial charge >= 0.3 is 5.97 Å². The SMILES string of the molecule is CCCCCCOC(=O)CN1CC[N]CC1. The fourth-order valence-corrected chi connectivity index (χ4v) is 1.75. The molecule has 1 fully saturated rings. The van der Waals surface area contributed by atoms with Crippen molar-refractivity contribution in [2.24, 2.45) is 0 Å². The number of ether oxygens (including phenoxy) is 1. The number of piperazine rings is 1. The largest absolute Gasteiger partial charge is 0.465 e. The third kappa shape index (κ3) is 6.08. The van der Waals surface area contributed by atoms with Crippen molar-refractivity contribution in [3.05, 3.63) is 0 Å². The summed E-state index contributed by atoms with van der Waals surface area (Å²) in [6, 6.07) is 0. The van der Waals surface area contributed by atoms with Crippen LogP contribution in [0.3, 0.4) is 0 Å². The van der Waals surface area contributed by atoms with Crippen molar-refractivity contribution in [1.82, 2.24) is 10.2 Å². The first-order chi connectivity index (χ1) is 7.83. The Balaban J connectivity index is 1.97. The molecule has 1 aliphatic rings. The number of hydrogen-bond acceptors (Lipinski definition) is 3. The van der Waals surface area contributed by atoms with Gasteiger partial charge in [-0.3, -0.25) is 9.69 Å². The van der Waals surface area contributed by atoms with Gasteiger partial charge in [0.2, 0.25) is 0 Å². The van der Waals surface area contributed by atoms with Crippen molar-refractivity contribution >= 4 is 5.97 Å². The lowest BCUT2D eigenvalue weighted by molar-refractivity contribution is -0.145. The summed E-state index contributed by atoms with van der Waals surface area (Å²) in [7, 11) is 0. The van der Waals surface area contributed by atoms with E-state index in [4.69, 9.17) is 4.74 Å². The molecule has 0 N–H and O–H groups in total. The molecule has 0 aromatic rings. The molecule has 0 aromatic carbocycles. The fraction of sp³-hybridized carbons (Fsp3) is 0.917. The third-order valence-electron chi connectivity index (χ3n) is 2.76. The van der Waals surface area contributed by atoms with Crippen LogP contribution < -0.4 is 5.32 Å². The van der Waals surface area contributed by atoms with E-state index < -0.39 is 0 Å². The molecule has 1 radical (unpaired) electrons. The zero-order valence-electron chi connectivity index (χ0n) is 10.3. The molecular formula is C12H23N2O2. The highest BCUT2D eigenvalue weighted by Gasteiger charge is 2.14. The van der Waals surface area contributed by atoms with Gasteiger partial charge in [0.15, 0.2) is 0 Å². The van der Waals surface area contributed by atoms with Gasteiger partial charge in [0.1, 0.15) is 0 Å². The number of unbranched alkanes of at least 4 members (excludes halogenated alkanes) is 3. The van der Waals surface area contributed by atoms with Gasteiger partial charge in [0.05, 0.1) is 13.2 Å². The maximum absolute atomic E-state index is 11.4. The molecule has 4 nitrogen and oxygen atoms in total. The summed E-state index contributed by atoms with van der Waals surface area (Å²) < 4.78 is 5.18. The summed E-state index contributed by atoms with van der Waals surface area (Å²) in [6.07, 6.45) is 4.59. The highest BCUT2D eigenvalue weighted by atomic mass is 16.5. The molecule has 93 valence electrons. The monoisotopic (exact) mass is 227 g/mol. The molecule has 1 rings (SSSR count). The maximum atomic E-state index is 11.4. The number of nitrogens with zero attached hydrogens (tertiary/aromatic N) is 2. The van der Waals surface area contributed by atoms with Crippen LogP contribution in [0.2, 0.25) is 0 Å². The van der Waals surface area contributed by atoms with E-state index in [1.54, 1.807) is 0 Å². The van der Waals surface area contributed by atoms with E-state index in [1.807, 2.05) is 0 Å². The lowest BCUT2D eigenvalue weighted by atomic mass is 10.2. The molecule has 1 heterocycles. The van der Waals surface area contributed by atoms with Gasteiger partial charge in [-0.1, -0.05) is 26.2 Å². The molecule has 0 unspecified atom stereocenters. The Morgan fingerprint density at radius 1 is 1.25 bits per heavy atom. The topological polar surface area (TPSA) is 43.6 Å². The normalized spacial score (nSPS) is 17.3. The Hall–Kier alpha value is -0.610. The molecule has 0 bridgehead atoms. The number of rotatable bonds is 7. The Kier molecular flexibility index (Phi) is 7.17. The van der Waals surface area contributed by atoms with Crippen molar-refractivity contribution in [3.8, 4) is 0 Å². The van der Waals surface area contributed by atoms with Crippen molar-refractivity contribution < 1.29 is 9.53 Å². The van der Waals surface area contributed by atoms with Crippen LogP contribution in [0.15, 0.2) is 0 Å². The zero-order chi connectivity index (χ0) is 11.6. The molecule has 0 spiro atoms. The summed E-state index contributed by atoms with van der Waals surface area (Å²) in [6.45, 7) is 6.68. The van der Waals surface area contributed by atoms with E-state index >= 15 is 0 Å². The Bertz CT molecular complexity index is 191. The minimum Gasteiger partial charge on any atom is -0.465 e. The maximum Gasteiger partial charge on any atom is 0.320 e.